The maximum atomic E-state index is 12.8. The van der Waals surface area contributed by atoms with Gasteiger partial charge < -0.3 is 5.32 Å². The number of carbonyl (C=O) groups is 1. The monoisotopic (exact) mass is 382 g/mol. The second-order valence-electron chi connectivity index (χ2n) is 7.47. The van der Waals surface area contributed by atoms with E-state index in [4.69, 9.17) is 11.6 Å². The Bertz CT molecular complexity index is 859. The van der Waals surface area contributed by atoms with Gasteiger partial charge in [0.15, 0.2) is 0 Å². The number of rotatable bonds is 5. The van der Waals surface area contributed by atoms with Gasteiger partial charge in [0.25, 0.3) is 5.91 Å². The third-order valence-electron chi connectivity index (χ3n) is 3.89. The molecule has 4 heteroatoms. The summed E-state index contributed by atoms with van der Waals surface area (Å²) in [5.41, 5.74) is 4.26. The Morgan fingerprint density at radius 3 is 2.26 bits per heavy atom. The van der Waals surface area contributed by atoms with E-state index in [1.807, 2.05) is 63.4 Å². The first-order valence-electron chi connectivity index (χ1n) is 9.09. The third-order valence-corrected chi connectivity index (χ3v) is 4.14. The molecule has 0 aromatic heterocycles. The first-order valence-corrected chi connectivity index (χ1v) is 9.47. The fourth-order valence-corrected chi connectivity index (χ4v) is 2.88. The van der Waals surface area contributed by atoms with Crippen molar-refractivity contribution in [1.82, 2.24) is 5.32 Å². The average molecular weight is 383 g/mol. The number of amides is 1. The number of nitrogens with zero attached hydrogens (tertiary/aromatic N) is 1. The van der Waals surface area contributed by atoms with Gasteiger partial charge in [0.1, 0.15) is 0 Å². The normalized spacial score (nSPS) is 12.4. The maximum absolute atomic E-state index is 12.8. The number of nitrogens with one attached hydrogen (secondary N) is 1. The molecule has 142 valence electrons. The molecule has 3 nitrogen and oxygen atoms in total. The van der Waals surface area contributed by atoms with Crippen molar-refractivity contribution >= 4 is 29.3 Å². The van der Waals surface area contributed by atoms with Gasteiger partial charge in [-0.1, -0.05) is 36.7 Å². The smallest absolute Gasteiger partial charge is 0.251 e. The quantitative estimate of drug-likeness (QED) is 0.630. The molecule has 0 spiro atoms. The van der Waals surface area contributed by atoms with Crippen LogP contribution in [0.4, 0.5) is 0 Å². The molecular formula is C23H27ClN2O. The molecule has 27 heavy (non-hydrogen) atoms. The largest absolute Gasteiger partial charge is 0.347 e. The summed E-state index contributed by atoms with van der Waals surface area (Å²) < 4.78 is 0. The van der Waals surface area contributed by atoms with Crippen LogP contribution in [0.15, 0.2) is 53.5 Å². The van der Waals surface area contributed by atoms with Crippen LogP contribution >= 0.6 is 11.6 Å². The molecule has 0 saturated heterocycles. The molecule has 0 atom stereocenters. The molecular weight excluding hydrogens is 356 g/mol. The molecule has 0 aliphatic carbocycles. The molecule has 2 aromatic rings. The summed E-state index contributed by atoms with van der Waals surface area (Å²) in [5, 5.41) is 3.73. The highest BCUT2D eigenvalue weighted by atomic mass is 35.5. The molecule has 0 fully saturated rings. The van der Waals surface area contributed by atoms with Gasteiger partial charge in [-0.3, -0.25) is 9.79 Å². The lowest BCUT2D eigenvalue weighted by molar-refractivity contribution is 0.0919. The summed E-state index contributed by atoms with van der Waals surface area (Å²) in [6, 6.07) is 13.6. The second-order valence-corrected chi connectivity index (χ2v) is 7.90. The first-order chi connectivity index (χ1) is 12.7. The van der Waals surface area contributed by atoms with E-state index in [1.165, 1.54) is 0 Å². The van der Waals surface area contributed by atoms with Crippen LogP contribution < -0.4 is 5.32 Å². The van der Waals surface area contributed by atoms with E-state index in [2.05, 4.69) is 29.4 Å². The molecule has 0 saturated carbocycles. The van der Waals surface area contributed by atoms with E-state index < -0.39 is 0 Å². The predicted molar refractivity (Wildman–Crippen MR) is 117 cm³/mol. The first kappa shape index (κ1) is 20.9. The van der Waals surface area contributed by atoms with Crippen LogP contribution in [0.3, 0.4) is 0 Å². The van der Waals surface area contributed by atoms with E-state index in [-0.39, 0.29) is 11.4 Å². The Morgan fingerprint density at radius 1 is 1.07 bits per heavy atom. The van der Waals surface area contributed by atoms with Crippen molar-refractivity contribution in [3.63, 3.8) is 0 Å². The Hall–Kier alpha value is -2.39. The van der Waals surface area contributed by atoms with Crippen molar-refractivity contribution in [2.24, 2.45) is 4.99 Å². The average Bonchev–Trinajstić information content (AvgIpc) is 2.60. The third kappa shape index (κ3) is 6.07. The fourth-order valence-electron chi connectivity index (χ4n) is 2.75. The van der Waals surface area contributed by atoms with Crippen molar-refractivity contribution in [3.8, 4) is 11.1 Å². The van der Waals surface area contributed by atoms with Crippen LogP contribution in [0.25, 0.3) is 16.7 Å². The van der Waals surface area contributed by atoms with Gasteiger partial charge in [0.2, 0.25) is 0 Å². The number of benzene rings is 2. The minimum Gasteiger partial charge on any atom is -0.347 e. The maximum Gasteiger partial charge on any atom is 0.251 e. The number of aliphatic imine (C=N–C) groups is 1. The SMILES string of the molecule is CC/C=C(/C=NC)c1cc(C(=O)NC(C)(C)C)cc(-c2ccc(Cl)cc2)c1. The van der Waals surface area contributed by atoms with E-state index in [0.29, 0.717) is 10.6 Å². The van der Waals surface area contributed by atoms with E-state index in [0.717, 1.165) is 28.7 Å². The molecule has 2 aromatic carbocycles. The molecule has 1 N–H and O–H groups in total. The Morgan fingerprint density at radius 2 is 1.70 bits per heavy atom. The zero-order valence-corrected chi connectivity index (χ0v) is 17.4. The topological polar surface area (TPSA) is 41.5 Å². The molecule has 0 radical (unpaired) electrons. The molecule has 0 aliphatic rings. The van der Waals surface area contributed by atoms with Gasteiger partial charge in [-0.05, 0) is 79.8 Å². The van der Waals surface area contributed by atoms with Crippen molar-refractivity contribution in [2.75, 3.05) is 7.05 Å². The molecule has 0 aliphatic heterocycles. The van der Waals surface area contributed by atoms with Gasteiger partial charge in [-0.2, -0.15) is 0 Å². The van der Waals surface area contributed by atoms with Crippen LogP contribution in [0.2, 0.25) is 5.02 Å². The summed E-state index contributed by atoms with van der Waals surface area (Å²) in [6.45, 7) is 8.00. The Labute approximate surface area is 167 Å². The minimum atomic E-state index is -0.305. The van der Waals surface area contributed by atoms with Gasteiger partial charge in [-0.15, -0.1) is 0 Å². The Kier molecular flexibility index (Phi) is 6.98. The summed E-state index contributed by atoms with van der Waals surface area (Å²) >= 11 is 6.03. The molecule has 2 rings (SSSR count). The molecule has 0 unspecified atom stereocenters. The lowest BCUT2D eigenvalue weighted by Crippen LogP contribution is -2.40. The predicted octanol–water partition coefficient (Wildman–Crippen LogP) is 6.03. The lowest BCUT2D eigenvalue weighted by Gasteiger charge is -2.21. The highest BCUT2D eigenvalue weighted by Gasteiger charge is 2.17. The van der Waals surface area contributed by atoms with Crippen molar-refractivity contribution in [3.05, 3.63) is 64.7 Å². The van der Waals surface area contributed by atoms with Gasteiger partial charge in [0, 0.05) is 29.4 Å². The van der Waals surface area contributed by atoms with Crippen molar-refractivity contribution < 1.29 is 4.79 Å². The van der Waals surface area contributed by atoms with E-state index in [1.54, 1.807) is 7.05 Å². The summed E-state index contributed by atoms with van der Waals surface area (Å²) in [7, 11) is 1.75. The number of carbonyl (C=O) groups excluding carboxylic acids is 1. The van der Waals surface area contributed by atoms with Crippen LogP contribution in [0.5, 0.6) is 0 Å². The lowest BCUT2D eigenvalue weighted by atomic mass is 9.95. The number of allylic oxidation sites excluding steroid dienone is 2. The summed E-state index contributed by atoms with van der Waals surface area (Å²) in [5.74, 6) is -0.0937. The van der Waals surface area contributed by atoms with Crippen LogP contribution in [-0.2, 0) is 0 Å². The highest BCUT2D eigenvalue weighted by molar-refractivity contribution is 6.30. The second kappa shape index (κ2) is 9.01. The summed E-state index contributed by atoms with van der Waals surface area (Å²) in [6.07, 6.45) is 4.82. The van der Waals surface area contributed by atoms with Crippen molar-refractivity contribution in [2.45, 2.75) is 39.7 Å². The molecule has 0 bridgehead atoms. The number of hydrogen-bond donors (Lipinski definition) is 1. The number of halogens is 1. The summed E-state index contributed by atoms with van der Waals surface area (Å²) in [4.78, 5) is 17.0. The van der Waals surface area contributed by atoms with Crippen LogP contribution in [0.1, 0.15) is 50.0 Å². The van der Waals surface area contributed by atoms with Gasteiger partial charge in [0.05, 0.1) is 0 Å². The molecule has 0 heterocycles. The zero-order valence-electron chi connectivity index (χ0n) is 16.6. The van der Waals surface area contributed by atoms with Gasteiger partial charge in [-0.25, -0.2) is 0 Å². The number of hydrogen-bond acceptors (Lipinski definition) is 2. The van der Waals surface area contributed by atoms with E-state index >= 15 is 0 Å². The fraction of sp³-hybridized carbons (Fsp3) is 0.304. The van der Waals surface area contributed by atoms with Crippen LogP contribution in [0, 0.1) is 0 Å². The van der Waals surface area contributed by atoms with Gasteiger partial charge >= 0.3 is 0 Å². The molecule has 1 amide bonds. The van der Waals surface area contributed by atoms with E-state index in [9.17, 15) is 4.79 Å². The van der Waals surface area contributed by atoms with Crippen molar-refractivity contribution in [1.29, 1.82) is 0 Å². The Balaban J connectivity index is 2.61. The van der Waals surface area contributed by atoms with Crippen LogP contribution in [-0.4, -0.2) is 24.7 Å². The minimum absolute atomic E-state index is 0.0937. The standard InChI is InChI=1S/C23H27ClN2O/c1-6-7-17(15-25-5)19-12-18(16-8-10-21(24)11-9-16)13-20(14-19)22(27)26-23(2,3)4/h7-15H,6H2,1-5H3,(H,26,27)/b17-7-,25-15?. The highest BCUT2D eigenvalue weighted by Crippen LogP contribution is 2.27. The zero-order chi connectivity index (χ0) is 20.0.